The molecule has 7 nitrogen and oxygen atoms in total. The van der Waals surface area contributed by atoms with Gasteiger partial charge in [-0.1, -0.05) is 11.6 Å². The minimum atomic E-state index is -4.78. The molecule has 3 rings (SSSR count). The van der Waals surface area contributed by atoms with Crippen molar-refractivity contribution in [3.63, 3.8) is 0 Å². The molecule has 0 unspecified atom stereocenters. The zero-order valence-electron chi connectivity index (χ0n) is 17.2. The SMILES string of the molecule is CC(C)=CN=C(C)Cn1c(Oc2cccc(OC(F)(F)F)c2)nc2c1COCN2C. The summed E-state index contributed by atoms with van der Waals surface area (Å²) in [5.41, 5.74) is 2.67. The molecule has 2 aromatic rings. The van der Waals surface area contributed by atoms with E-state index >= 15 is 0 Å². The summed E-state index contributed by atoms with van der Waals surface area (Å²) in [6, 6.07) is 5.55. The number of benzene rings is 1. The van der Waals surface area contributed by atoms with E-state index < -0.39 is 6.36 Å². The number of allylic oxidation sites excluding steroid dienone is 1. The largest absolute Gasteiger partial charge is 0.573 e. The van der Waals surface area contributed by atoms with E-state index in [4.69, 9.17) is 9.47 Å². The van der Waals surface area contributed by atoms with Crippen molar-refractivity contribution in [2.24, 2.45) is 4.99 Å². The van der Waals surface area contributed by atoms with Gasteiger partial charge in [0.2, 0.25) is 0 Å². The van der Waals surface area contributed by atoms with Crippen molar-refractivity contribution in [1.29, 1.82) is 0 Å². The summed E-state index contributed by atoms with van der Waals surface area (Å²) in [5, 5.41) is 0. The van der Waals surface area contributed by atoms with Crippen LogP contribution in [0.2, 0.25) is 0 Å². The number of ether oxygens (including phenoxy) is 3. The van der Waals surface area contributed by atoms with E-state index in [2.05, 4.69) is 14.7 Å². The summed E-state index contributed by atoms with van der Waals surface area (Å²) in [5.74, 6) is 0.487. The van der Waals surface area contributed by atoms with Crippen LogP contribution in [0.3, 0.4) is 0 Å². The average molecular weight is 424 g/mol. The second-order valence-electron chi connectivity index (χ2n) is 7.12. The van der Waals surface area contributed by atoms with E-state index in [1.165, 1.54) is 18.2 Å². The number of fused-ring (bicyclic) bond motifs is 1. The minimum Gasteiger partial charge on any atom is -0.425 e. The lowest BCUT2D eigenvalue weighted by molar-refractivity contribution is -0.274. The first-order valence-corrected chi connectivity index (χ1v) is 9.21. The maximum atomic E-state index is 12.5. The quantitative estimate of drug-likeness (QED) is 0.619. The molecule has 0 saturated heterocycles. The first-order valence-electron chi connectivity index (χ1n) is 9.21. The Hall–Kier alpha value is -3.01. The number of aliphatic imine (C=N–C) groups is 1. The van der Waals surface area contributed by atoms with E-state index in [1.54, 1.807) is 10.8 Å². The van der Waals surface area contributed by atoms with Gasteiger partial charge in [0, 0.05) is 25.0 Å². The molecular weight excluding hydrogens is 401 g/mol. The third kappa shape index (κ3) is 5.53. The Balaban J connectivity index is 1.93. The predicted molar refractivity (Wildman–Crippen MR) is 106 cm³/mol. The van der Waals surface area contributed by atoms with Gasteiger partial charge in [-0.25, -0.2) is 0 Å². The van der Waals surface area contributed by atoms with Crippen molar-refractivity contribution >= 4 is 11.5 Å². The summed E-state index contributed by atoms with van der Waals surface area (Å²) in [6.07, 6.45) is -3.02. The van der Waals surface area contributed by atoms with Gasteiger partial charge in [0.15, 0.2) is 5.82 Å². The fourth-order valence-corrected chi connectivity index (χ4v) is 2.83. The van der Waals surface area contributed by atoms with Gasteiger partial charge in [0.25, 0.3) is 0 Å². The van der Waals surface area contributed by atoms with Crippen molar-refractivity contribution in [3.8, 4) is 17.5 Å². The summed E-state index contributed by atoms with van der Waals surface area (Å²) < 4.78 is 54.7. The summed E-state index contributed by atoms with van der Waals surface area (Å²) in [4.78, 5) is 10.8. The highest BCUT2D eigenvalue weighted by Gasteiger charge is 2.31. The smallest absolute Gasteiger partial charge is 0.425 e. The van der Waals surface area contributed by atoms with Crippen LogP contribution in [-0.2, 0) is 17.9 Å². The van der Waals surface area contributed by atoms with Crippen LogP contribution in [0.1, 0.15) is 26.5 Å². The Bertz CT molecular complexity index is 963. The number of anilines is 1. The number of alkyl halides is 3. The molecule has 0 aliphatic carbocycles. The van der Waals surface area contributed by atoms with Crippen LogP contribution in [0.5, 0.6) is 17.5 Å². The second kappa shape index (κ2) is 8.78. The number of rotatable bonds is 6. The molecule has 2 heterocycles. The lowest BCUT2D eigenvalue weighted by Crippen LogP contribution is -2.27. The van der Waals surface area contributed by atoms with Crippen LogP contribution in [0.15, 0.2) is 41.0 Å². The van der Waals surface area contributed by atoms with Gasteiger partial charge in [-0.15, -0.1) is 13.2 Å². The number of halogens is 3. The standard InChI is InChI=1S/C20H23F3N4O3/c1-13(2)9-24-14(3)10-27-17-11-28-12-26(4)18(17)25-19(27)29-15-6-5-7-16(8-15)30-20(21,22)23/h5-9H,10-12H2,1-4H3. The Kier molecular flexibility index (Phi) is 6.35. The minimum absolute atomic E-state index is 0.169. The highest BCUT2D eigenvalue weighted by molar-refractivity contribution is 5.82. The lowest BCUT2D eigenvalue weighted by atomic mass is 10.3. The molecule has 0 N–H and O–H groups in total. The van der Waals surface area contributed by atoms with Crippen LogP contribution in [0, 0.1) is 0 Å². The Morgan fingerprint density at radius 2 is 2.00 bits per heavy atom. The molecule has 1 aromatic heterocycles. The third-order valence-electron chi connectivity index (χ3n) is 4.08. The van der Waals surface area contributed by atoms with Crippen molar-refractivity contribution in [2.45, 2.75) is 40.3 Å². The Morgan fingerprint density at radius 1 is 1.27 bits per heavy atom. The number of hydrogen-bond acceptors (Lipinski definition) is 6. The molecule has 0 atom stereocenters. The van der Waals surface area contributed by atoms with E-state index in [1.807, 2.05) is 32.7 Å². The second-order valence-corrected chi connectivity index (χ2v) is 7.12. The Morgan fingerprint density at radius 3 is 2.70 bits per heavy atom. The number of aromatic nitrogens is 2. The molecule has 0 radical (unpaired) electrons. The van der Waals surface area contributed by atoms with Gasteiger partial charge in [-0.05, 0) is 32.9 Å². The lowest BCUT2D eigenvalue weighted by Gasteiger charge is -2.24. The number of nitrogens with zero attached hydrogens (tertiary/aromatic N) is 4. The van der Waals surface area contributed by atoms with Crippen LogP contribution >= 0.6 is 0 Å². The highest BCUT2D eigenvalue weighted by Crippen LogP contribution is 2.33. The molecule has 0 amide bonds. The Labute approximate surface area is 172 Å². The van der Waals surface area contributed by atoms with Gasteiger partial charge < -0.3 is 19.1 Å². The zero-order chi connectivity index (χ0) is 21.9. The molecule has 10 heteroatoms. The third-order valence-corrected chi connectivity index (χ3v) is 4.08. The van der Waals surface area contributed by atoms with Crippen LogP contribution in [0.25, 0.3) is 0 Å². The van der Waals surface area contributed by atoms with Gasteiger partial charge in [-0.2, -0.15) is 4.98 Å². The predicted octanol–water partition coefficient (Wildman–Crippen LogP) is 4.88. The molecule has 162 valence electrons. The van der Waals surface area contributed by atoms with Gasteiger partial charge >= 0.3 is 12.4 Å². The van der Waals surface area contributed by atoms with E-state index in [0.29, 0.717) is 25.7 Å². The van der Waals surface area contributed by atoms with Crippen LogP contribution in [0.4, 0.5) is 19.0 Å². The normalized spacial score (nSPS) is 14.4. The van der Waals surface area contributed by atoms with Gasteiger partial charge in [0.05, 0.1) is 18.8 Å². The van der Waals surface area contributed by atoms with Crippen molar-refractivity contribution in [2.75, 3.05) is 18.7 Å². The van der Waals surface area contributed by atoms with Crippen molar-refractivity contribution < 1.29 is 27.4 Å². The maximum Gasteiger partial charge on any atom is 0.573 e. The summed E-state index contributed by atoms with van der Waals surface area (Å²) in [7, 11) is 1.83. The van der Waals surface area contributed by atoms with E-state index in [9.17, 15) is 13.2 Å². The topological polar surface area (TPSA) is 61.1 Å². The first-order chi connectivity index (χ1) is 14.1. The molecule has 0 bridgehead atoms. The highest BCUT2D eigenvalue weighted by atomic mass is 19.4. The summed E-state index contributed by atoms with van der Waals surface area (Å²) >= 11 is 0. The van der Waals surface area contributed by atoms with E-state index in [0.717, 1.165) is 23.0 Å². The molecule has 1 aliphatic rings. The average Bonchev–Trinajstić information content (AvgIpc) is 2.98. The zero-order valence-corrected chi connectivity index (χ0v) is 17.2. The molecule has 0 saturated carbocycles. The molecule has 1 aromatic carbocycles. The number of imidazole rings is 1. The molecule has 30 heavy (non-hydrogen) atoms. The van der Waals surface area contributed by atoms with E-state index in [-0.39, 0.29) is 17.5 Å². The van der Waals surface area contributed by atoms with Gasteiger partial charge in [0.1, 0.15) is 18.2 Å². The van der Waals surface area contributed by atoms with Crippen LogP contribution in [-0.4, -0.2) is 35.4 Å². The fraction of sp³-hybridized carbons (Fsp3) is 0.400. The monoisotopic (exact) mass is 424 g/mol. The molecule has 0 fully saturated rings. The molecule has 0 spiro atoms. The summed E-state index contributed by atoms with van der Waals surface area (Å²) in [6.45, 7) is 6.87. The molecular formula is C20H23F3N4O3. The van der Waals surface area contributed by atoms with Gasteiger partial charge in [-0.3, -0.25) is 9.56 Å². The fourth-order valence-electron chi connectivity index (χ4n) is 2.83. The maximum absolute atomic E-state index is 12.5. The van der Waals surface area contributed by atoms with Crippen molar-refractivity contribution in [3.05, 3.63) is 41.7 Å². The van der Waals surface area contributed by atoms with Crippen LogP contribution < -0.4 is 14.4 Å². The first kappa shape index (κ1) is 21.7. The number of hydrogen-bond donors (Lipinski definition) is 0. The molecule has 1 aliphatic heterocycles. The van der Waals surface area contributed by atoms with Crippen molar-refractivity contribution in [1.82, 2.24) is 9.55 Å².